The minimum atomic E-state index is 0.698. The summed E-state index contributed by atoms with van der Waals surface area (Å²) >= 11 is 0. The maximum atomic E-state index is 5.86. The number of hydrogen-bond donors (Lipinski definition) is 1. The van der Waals surface area contributed by atoms with Crippen LogP contribution in [0.4, 0.5) is 5.69 Å². The third-order valence-corrected chi connectivity index (χ3v) is 2.85. The molecule has 0 fully saturated rings. The third-order valence-electron chi connectivity index (χ3n) is 2.85. The van der Waals surface area contributed by atoms with Gasteiger partial charge in [0.25, 0.3) is 0 Å². The lowest BCUT2D eigenvalue weighted by molar-refractivity contribution is 0.110. The van der Waals surface area contributed by atoms with Gasteiger partial charge < -0.3 is 19.9 Å². The normalized spacial score (nSPS) is 10.9. The number of nitrogens with zero attached hydrogens (tertiary/aromatic N) is 1. The number of benzene rings is 1. The zero-order chi connectivity index (χ0) is 14.1. The van der Waals surface area contributed by atoms with E-state index < -0.39 is 0 Å². The fourth-order valence-electron chi connectivity index (χ4n) is 1.86. The van der Waals surface area contributed by atoms with Gasteiger partial charge in [0, 0.05) is 45.6 Å². The van der Waals surface area contributed by atoms with Crippen LogP contribution in [0.3, 0.4) is 0 Å². The highest BCUT2D eigenvalue weighted by atomic mass is 16.5. The van der Waals surface area contributed by atoms with Crippen LogP contribution < -0.4 is 10.5 Å². The summed E-state index contributed by atoms with van der Waals surface area (Å²) in [5.41, 5.74) is 7.71. The molecule has 0 bridgehead atoms. The van der Waals surface area contributed by atoms with Crippen LogP contribution in [0.25, 0.3) is 0 Å². The molecule has 0 aromatic heterocycles. The van der Waals surface area contributed by atoms with Crippen LogP contribution >= 0.6 is 0 Å². The van der Waals surface area contributed by atoms with E-state index >= 15 is 0 Å². The Hall–Kier alpha value is -1.30. The second-order valence-electron chi connectivity index (χ2n) is 4.38. The average molecular weight is 268 g/mol. The number of nitrogen functional groups attached to an aromatic ring is 1. The Morgan fingerprint density at radius 3 is 2.16 bits per heavy atom. The van der Waals surface area contributed by atoms with Crippen LogP contribution in [-0.4, -0.2) is 52.5 Å². The topological polar surface area (TPSA) is 57.0 Å². The number of ether oxygens (including phenoxy) is 3. The molecule has 108 valence electrons. The first-order chi connectivity index (χ1) is 9.19. The van der Waals surface area contributed by atoms with Gasteiger partial charge in [-0.05, 0) is 17.7 Å². The van der Waals surface area contributed by atoms with Crippen LogP contribution in [0.15, 0.2) is 18.2 Å². The van der Waals surface area contributed by atoms with Crippen LogP contribution in [0.5, 0.6) is 5.75 Å². The first-order valence-electron chi connectivity index (χ1n) is 6.33. The maximum Gasteiger partial charge on any atom is 0.121 e. The summed E-state index contributed by atoms with van der Waals surface area (Å²) in [6.45, 7) is 3.91. The Labute approximate surface area is 115 Å². The Morgan fingerprint density at radius 2 is 1.63 bits per heavy atom. The molecule has 0 aliphatic rings. The van der Waals surface area contributed by atoms with Crippen LogP contribution in [0, 0.1) is 0 Å². The maximum absolute atomic E-state index is 5.86. The van der Waals surface area contributed by atoms with Crippen LogP contribution in [-0.2, 0) is 16.0 Å². The Balaban J connectivity index is 2.67. The van der Waals surface area contributed by atoms with Gasteiger partial charge in [-0.25, -0.2) is 0 Å². The van der Waals surface area contributed by atoms with Crippen molar-refractivity contribution in [3.63, 3.8) is 0 Å². The summed E-state index contributed by atoms with van der Waals surface area (Å²) < 4.78 is 15.5. The molecule has 0 radical (unpaired) electrons. The van der Waals surface area contributed by atoms with E-state index in [0.717, 1.165) is 30.9 Å². The monoisotopic (exact) mass is 268 g/mol. The van der Waals surface area contributed by atoms with Gasteiger partial charge in [0.2, 0.25) is 0 Å². The molecule has 1 rings (SSSR count). The van der Waals surface area contributed by atoms with Crippen molar-refractivity contribution in [2.24, 2.45) is 0 Å². The highest BCUT2D eigenvalue weighted by Crippen LogP contribution is 2.19. The predicted molar refractivity (Wildman–Crippen MR) is 76.4 cm³/mol. The van der Waals surface area contributed by atoms with Crippen molar-refractivity contribution in [3.05, 3.63) is 23.8 Å². The quantitative estimate of drug-likeness (QED) is 0.686. The summed E-state index contributed by atoms with van der Waals surface area (Å²) in [4.78, 5) is 2.27. The molecule has 0 aliphatic heterocycles. The SMILES string of the molecule is COCCN(CCOC)Cc1cc(N)cc(OC)c1. The van der Waals surface area contributed by atoms with Gasteiger partial charge in [0.15, 0.2) is 0 Å². The van der Waals surface area contributed by atoms with Crippen molar-refractivity contribution < 1.29 is 14.2 Å². The number of methoxy groups -OCH3 is 3. The van der Waals surface area contributed by atoms with Crippen molar-refractivity contribution in [2.45, 2.75) is 6.54 Å². The van der Waals surface area contributed by atoms with Crippen molar-refractivity contribution in [1.29, 1.82) is 0 Å². The van der Waals surface area contributed by atoms with Gasteiger partial charge >= 0.3 is 0 Å². The van der Waals surface area contributed by atoms with Gasteiger partial charge in [-0.15, -0.1) is 0 Å². The fourth-order valence-corrected chi connectivity index (χ4v) is 1.86. The zero-order valence-electron chi connectivity index (χ0n) is 12.0. The van der Waals surface area contributed by atoms with Crippen molar-refractivity contribution in [1.82, 2.24) is 4.90 Å². The van der Waals surface area contributed by atoms with Gasteiger partial charge in [-0.1, -0.05) is 0 Å². The highest BCUT2D eigenvalue weighted by Gasteiger charge is 2.07. The first-order valence-corrected chi connectivity index (χ1v) is 6.33. The number of hydrogen-bond acceptors (Lipinski definition) is 5. The average Bonchev–Trinajstić information content (AvgIpc) is 2.41. The summed E-state index contributed by atoms with van der Waals surface area (Å²) in [6.07, 6.45) is 0. The summed E-state index contributed by atoms with van der Waals surface area (Å²) in [6, 6.07) is 5.79. The molecular weight excluding hydrogens is 244 g/mol. The molecule has 0 amide bonds. The molecule has 0 aliphatic carbocycles. The van der Waals surface area contributed by atoms with Gasteiger partial charge in [0.05, 0.1) is 20.3 Å². The van der Waals surface area contributed by atoms with Crippen LogP contribution in [0.1, 0.15) is 5.56 Å². The predicted octanol–water partition coefficient (Wildman–Crippen LogP) is 1.37. The second-order valence-corrected chi connectivity index (χ2v) is 4.38. The van der Waals surface area contributed by atoms with Crippen molar-refractivity contribution >= 4 is 5.69 Å². The van der Waals surface area contributed by atoms with E-state index in [-0.39, 0.29) is 0 Å². The summed E-state index contributed by atoms with van der Waals surface area (Å²) in [7, 11) is 5.06. The van der Waals surface area contributed by atoms with E-state index in [0.29, 0.717) is 18.9 Å². The molecular formula is C14H24N2O3. The molecule has 0 saturated carbocycles. The largest absolute Gasteiger partial charge is 0.497 e. The number of anilines is 1. The van der Waals surface area contributed by atoms with E-state index in [9.17, 15) is 0 Å². The zero-order valence-corrected chi connectivity index (χ0v) is 12.0. The first kappa shape index (κ1) is 15.8. The smallest absolute Gasteiger partial charge is 0.121 e. The molecule has 5 heteroatoms. The summed E-state index contributed by atoms with van der Waals surface area (Å²) in [5.74, 6) is 0.786. The molecule has 5 nitrogen and oxygen atoms in total. The van der Waals surface area contributed by atoms with Crippen molar-refractivity contribution in [2.75, 3.05) is 53.4 Å². The van der Waals surface area contributed by atoms with E-state index in [1.165, 1.54) is 0 Å². The van der Waals surface area contributed by atoms with E-state index in [4.69, 9.17) is 19.9 Å². The molecule has 0 heterocycles. The molecule has 0 spiro atoms. The fraction of sp³-hybridized carbons (Fsp3) is 0.571. The van der Waals surface area contributed by atoms with E-state index in [1.807, 2.05) is 18.2 Å². The van der Waals surface area contributed by atoms with E-state index in [2.05, 4.69) is 4.90 Å². The molecule has 0 unspecified atom stereocenters. The van der Waals surface area contributed by atoms with Gasteiger partial charge in [-0.3, -0.25) is 4.90 Å². The van der Waals surface area contributed by atoms with Gasteiger partial charge in [0.1, 0.15) is 5.75 Å². The second kappa shape index (κ2) is 8.74. The minimum absolute atomic E-state index is 0.698. The van der Waals surface area contributed by atoms with Crippen LogP contribution in [0.2, 0.25) is 0 Å². The molecule has 0 saturated heterocycles. The lowest BCUT2D eigenvalue weighted by atomic mass is 10.1. The van der Waals surface area contributed by atoms with Gasteiger partial charge in [-0.2, -0.15) is 0 Å². The number of rotatable bonds is 9. The Kier molecular flexibility index (Phi) is 7.25. The molecule has 2 N–H and O–H groups in total. The highest BCUT2D eigenvalue weighted by molar-refractivity contribution is 5.47. The standard InChI is InChI=1S/C14H24N2O3/c1-17-6-4-16(5-7-18-2)11-12-8-13(15)10-14(9-12)19-3/h8-10H,4-7,11,15H2,1-3H3. The molecule has 1 aromatic rings. The Bertz CT molecular complexity index is 364. The number of nitrogens with two attached hydrogens (primary N) is 1. The third kappa shape index (κ3) is 5.92. The lowest BCUT2D eigenvalue weighted by Gasteiger charge is -2.22. The molecule has 0 atom stereocenters. The molecule has 19 heavy (non-hydrogen) atoms. The summed E-state index contributed by atoms with van der Waals surface area (Å²) in [5, 5.41) is 0. The van der Waals surface area contributed by atoms with Crippen molar-refractivity contribution in [3.8, 4) is 5.75 Å². The Morgan fingerprint density at radius 1 is 1.00 bits per heavy atom. The minimum Gasteiger partial charge on any atom is -0.497 e. The lowest BCUT2D eigenvalue weighted by Crippen LogP contribution is -2.30. The molecule has 1 aromatic carbocycles. The van der Waals surface area contributed by atoms with E-state index in [1.54, 1.807) is 21.3 Å².